The molecule has 3 aromatic carbocycles. The lowest BCUT2D eigenvalue weighted by atomic mass is 9.93. The Morgan fingerprint density at radius 3 is 2.61 bits per heavy atom. The van der Waals surface area contributed by atoms with Gasteiger partial charge in [0.1, 0.15) is 24.1 Å². The second-order valence-electron chi connectivity index (χ2n) is 9.19. The summed E-state index contributed by atoms with van der Waals surface area (Å²) in [5.74, 6) is -0.564. The molecule has 1 aromatic heterocycles. The zero-order valence-corrected chi connectivity index (χ0v) is 21.0. The van der Waals surface area contributed by atoms with E-state index < -0.39 is 18.0 Å². The van der Waals surface area contributed by atoms with Crippen molar-refractivity contribution in [3.05, 3.63) is 110 Å². The largest absolute Gasteiger partial charge is 0.396 e. The molecule has 1 amide bonds. The van der Waals surface area contributed by atoms with Crippen LogP contribution in [0.3, 0.4) is 0 Å². The second kappa shape index (κ2) is 11.6. The number of hydrogen-bond acceptors (Lipinski definition) is 7. The smallest absolute Gasteiger partial charge is 0.255 e. The monoisotopic (exact) mass is 512 g/mol. The Hall–Kier alpha value is -4.63. The molecule has 0 aliphatic heterocycles. The fraction of sp³-hybridized carbons (Fsp3) is 0.207. The Kier molecular flexibility index (Phi) is 8.08. The Labute approximate surface area is 218 Å². The molecule has 3 atom stereocenters. The van der Waals surface area contributed by atoms with Crippen molar-refractivity contribution in [1.29, 1.82) is 0 Å². The number of aryl methyl sites for hydroxylation is 1. The number of aliphatic hydroxyl groups is 1. The normalized spacial score (nSPS) is 13.3. The summed E-state index contributed by atoms with van der Waals surface area (Å²) in [5, 5.41) is 19.7. The van der Waals surface area contributed by atoms with E-state index in [1.54, 1.807) is 48.7 Å². The minimum Gasteiger partial charge on any atom is -0.396 e. The molecular weight excluding hydrogens is 484 g/mol. The third-order valence-corrected chi connectivity index (χ3v) is 6.55. The minimum atomic E-state index is -1.01. The van der Waals surface area contributed by atoms with Crippen LogP contribution < -0.4 is 16.2 Å². The van der Waals surface area contributed by atoms with E-state index >= 15 is 0 Å². The fourth-order valence-corrected chi connectivity index (χ4v) is 4.48. The Morgan fingerprint density at radius 1 is 1.08 bits per heavy atom. The first-order valence-corrected chi connectivity index (χ1v) is 12.1. The molecule has 4 aromatic rings. The lowest BCUT2D eigenvalue weighted by Crippen LogP contribution is -2.37. The van der Waals surface area contributed by atoms with Crippen molar-refractivity contribution in [2.24, 2.45) is 5.18 Å². The second-order valence-corrected chi connectivity index (χ2v) is 9.19. The molecular formula is C29H28N4O5. The first kappa shape index (κ1) is 26.4. The van der Waals surface area contributed by atoms with Crippen molar-refractivity contribution in [3.8, 4) is 0 Å². The first-order chi connectivity index (χ1) is 18.3. The number of aromatic nitrogens is 1. The molecule has 0 aliphatic rings. The number of benzene rings is 3. The Bertz CT molecular complexity index is 1550. The lowest BCUT2D eigenvalue weighted by molar-refractivity contribution is -0.124. The standard InChI is InChI=1S/C29H28N4O5/c1-17-12-21(7-9-24(17)18(2)15-34)27(31-22-8-6-19-10-11-30-28(36)25(19)14-22)29(37)32-26(16-35)20-4-3-5-23(13-20)33-38/h3-14,16,18,26-27,31,34H,15H2,1-2H3,(H,30,36)(H,32,37)/t18-,26+,27?/m0/s1. The van der Waals surface area contributed by atoms with Gasteiger partial charge in [0.05, 0.1) is 0 Å². The van der Waals surface area contributed by atoms with Crippen LogP contribution in [-0.4, -0.2) is 28.9 Å². The highest BCUT2D eigenvalue weighted by atomic mass is 16.3. The number of aliphatic hydroxyl groups excluding tert-OH is 1. The summed E-state index contributed by atoms with van der Waals surface area (Å²) in [6.45, 7) is 3.80. The highest BCUT2D eigenvalue weighted by Crippen LogP contribution is 2.28. The maximum Gasteiger partial charge on any atom is 0.255 e. The van der Waals surface area contributed by atoms with Crippen molar-refractivity contribution < 1.29 is 14.7 Å². The van der Waals surface area contributed by atoms with Gasteiger partial charge in [-0.3, -0.25) is 9.59 Å². The summed E-state index contributed by atoms with van der Waals surface area (Å²) in [5.41, 5.74) is 3.33. The highest BCUT2D eigenvalue weighted by Gasteiger charge is 2.25. The molecule has 9 heteroatoms. The van der Waals surface area contributed by atoms with Crippen molar-refractivity contribution in [2.45, 2.75) is 31.8 Å². The van der Waals surface area contributed by atoms with Crippen LogP contribution in [0.15, 0.2) is 82.9 Å². The number of aldehydes is 1. The lowest BCUT2D eigenvalue weighted by Gasteiger charge is -2.24. The predicted molar refractivity (Wildman–Crippen MR) is 146 cm³/mol. The topological polar surface area (TPSA) is 141 Å². The van der Waals surface area contributed by atoms with Crippen LogP contribution in [0, 0.1) is 11.8 Å². The van der Waals surface area contributed by atoms with E-state index in [1.807, 2.05) is 26.0 Å². The maximum absolute atomic E-state index is 13.6. The summed E-state index contributed by atoms with van der Waals surface area (Å²) < 4.78 is 0. The number of anilines is 1. The average molecular weight is 513 g/mol. The van der Waals surface area contributed by atoms with E-state index in [0.29, 0.717) is 28.5 Å². The molecule has 194 valence electrons. The van der Waals surface area contributed by atoms with Gasteiger partial charge < -0.3 is 25.5 Å². The van der Waals surface area contributed by atoms with Gasteiger partial charge in [0.2, 0.25) is 5.91 Å². The van der Waals surface area contributed by atoms with Gasteiger partial charge in [-0.15, -0.1) is 4.91 Å². The molecule has 0 radical (unpaired) electrons. The van der Waals surface area contributed by atoms with Gasteiger partial charge in [0.15, 0.2) is 0 Å². The minimum absolute atomic E-state index is 0.0102. The highest BCUT2D eigenvalue weighted by molar-refractivity contribution is 5.90. The zero-order valence-electron chi connectivity index (χ0n) is 21.0. The number of hydrogen-bond donors (Lipinski definition) is 4. The van der Waals surface area contributed by atoms with Gasteiger partial charge in [-0.1, -0.05) is 43.3 Å². The average Bonchev–Trinajstić information content (AvgIpc) is 2.94. The van der Waals surface area contributed by atoms with Gasteiger partial charge in [0, 0.05) is 29.8 Å². The third-order valence-electron chi connectivity index (χ3n) is 6.55. The van der Waals surface area contributed by atoms with Gasteiger partial charge in [-0.25, -0.2) is 0 Å². The van der Waals surface area contributed by atoms with Crippen LogP contribution in [0.25, 0.3) is 10.8 Å². The summed E-state index contributed by atoms with van der Waals surface area (Å²) in [7, 11) is 0. The molecule has 0 fully saturated rings. The van der Waals surface area contributed by atoms with Gasteiger partial charge in [-0.2, -0.15) is 0 Å². The number of rotatable bonds is 10. The number of amides is 1. The number of nitroso groups, excluding NO2 is 1. The zero-order chi connectivity index (χ0) is 27.2. The quantitative estimate of drug-likeness (QED) is 0.182. The third kappa shape index (κ3) is 5.68. The Balaban J connectivity index is 1.71. The van der Waals surface area contributed by atoms with E-state index in [0.717, 1.165) is 16.5 Å². The van der Waals surface area contributed by atoms with Crippen molar-refractivity contribution in [2.75, 3.05) is 11.9 Å². The SMILES string of the molecule is Cc1cc(C(Nc2ccc3cc[nH]c(=O)c3c2)C(=O)N[C@H](C=O)c2cccc(N=O)c2)ccc1[C@@H](C)CO. The van der Waals surface area contributed by atoms with Crippen LogP contribution in [0.2, 0.25) is 0 Å². The fourth-order valence-electron chi connectivity index (χ4n) is 4.48. The summed E-state index contributed by atoms with van der Waals surface area (Å²) in [4.78, 5) is 51.5. The van der Waals surface area contributed by atoms with E-state index in [4.69, 9.17) is 0 Å². The molecule has 4 N–H and O–H groups in total. The van der Waals surface area contributed by atoms with E-state index in [2.05, 4.69) is 20.8 Å². The van der Waals surface area contributed by atoms with E-state index in [9.17, 15) is 24.4 Å². The van der Waals surface area contributed by atoms with E-state index in [-0.39, 0.29) is 23.8 Å². The molecule has 9 nitrogen and oxygen atoms in total. The van der Waals surface area contributed by atoms with E-state index in [1.165, 1.54) is 12.1 Å². The Morgan fingerprint density at radius 2 is 1.89 bits per heavy atom. The number of pyridine rings is 1. The summed E-state index contributed by atoms with van der Waals surface area (Å²) in [6, 6.07) is 16.8. The van der Waals surface area contributed by atoms with Crippen LogP contribution >= 0.6 is 0 Å². The first-order valence-electron chi connectivity index (χ1n) is 12.1. The molecule has 0 saturated carbocycles. The van der Waals surface area contributed by atoms with Crippen molar-refractivity contribution in [1.82, 2.24) is 10.3 Å². The van der Waals surface area contributed by atoms with Crippen LogP contribution in [0.4, 0.5) is 11.4 Å². The number of nitrogens with one attached hydrogen (secondary N) is 3. The number of carbonyl (C=O) groups excluding carboxylic acids is 2. The van der Waals surface area contributed by atoms with Crippen LogP contribution in [0.1, 0.15) is 47.2 Å². The number of fused-ring (bicyclic) bond motifs is 1. The molecule has 0 bridgehead atoms. The van der Waals surface area contributed by atoms with Crippen molar-refractivity contribution >= 4 is 34.3 Å². The van der Waals surface area contributed by atoms with Gasteiger partial charge >= 0.3 is 0 Å². The van der Waals surface area contributed by atoms with Crippen LogP contribution in [0.5, 0.6) is 0 Å². The van der Waals surface area contributed by atoms with Crippen molar-refractivity contribution in [3.63, 3.8) is 0 Å². The molecule has 0 spiro atoms. The van der Waals surface area contributed by atoms with Gasteiger partial charge in [0.25, 0.3) is 5.56 Å². The molecule has 4 rings (SSSR count). The predicted octanol–water partition coefficient (Wildman–Crippen LogP) is 4.54. The number of H-pyrrole nitrogens is 1. The van der Waals surface area contributed by atoms with Gasteiger partial charge in [-0.05, 0) is 70.1 Å². The number of nitrogens with zero attached hydrogens (tertiary/aromatic N) is 1. The van der Waals surface area contributed by atoms with Crippen LogP contribution in [-0.2, 0) is 9.59 Å². The summed E-state index contributed by atoms with van der Waals surface area (Å²) in [6.07, 6.45) is 2.16. The molecule has 1 unspecified atom stereocenters. The molecule has 1 heterocycles. The maximum atomic E-state index is 13.6. The molecule has 0 saturated heterocycles. The number of carbonyl (C=O) groups is 2. The molecule has 38 heavy (non-hydrogen) atoms. The summed E-state index contributed by atoms with van der Waals surface area (Å²) >= 11 is 0. The molecule has 0 aliphatic carbocycles. The number of aromatic amines is 1.